The van der Waals surface area contributed by atoms with Gasteiger partial charge in [-0.3, -0.25) is 9.69 Å². The molecule has 1 N–H and O–H groups in total. The van der Waals surface area contributed by atoms with Gasteiger partial charge in [0.05, 0.1) is 6.54 Å². The van der Waals surface area contributed by atoms with Gasteiger partial charge in [0.1, 0.15) is 0 Å². The van der Waals surface area contributed by atoms with Gasteiger partial charge in [-0.2, -0.15) is 0 Å². The maximum Gasteiger partial charge on any atom is 0.238 e. The predicted octanol–water partition coefficient (Wildman–Crippen LogP) is 4.31. The fourth-order valence-corrected chi connectivity index (χ4v) is 4.37. The maximum atomic E-state index is 12.5. The summed E-state index contributed by atoms with van der Waals surface area (Å²) in [5, 5.41) is 5.24. The first-order chi connectivity index (χ1) is 11.1. The van der Waals surface area contributed by atoms with Crippen molar-refractivity contribution in [3.63, 3.8) is 0 Å². The number of thiophene rings is 1. The minimum absolute atomic E-state index is 0.0779. The lowest BCUT2D eigenvalue weighted by Crippen LogP contribution is -2.40. The van der Waals surface area contributed by atoms with Crippen molar-refractivity contribution in [3.8, 4) is 0 Å². The van der Waals surface area contributed by atoms with E-state index in [9.17, 15) is 4.79 Å². The fourth-order valence-electron chi connectivity index (χ4n) is 3.44. The molecule has 2 heterocycles. The van der Waals surface area contributed by atoms with E-state index in [1.807, 2.05) is 30.4 Å². The summed E-state index contributed by atoms with van der Waals surface area (Å²) in [6, 6.07) is 8.73. The number of benzene rings is 1. The lowest BCUT2D eigenvalue weighted by atomic mass is 9.98. The second-order valence-electron chi connectivity index (χ2n) is 6.31. The van der Waals surface area contributed by atoms with Gasteiger partial charge in [-0.25, -0.2) is 0 Å². The summed E-state index contributed by atoms with van der Waals surface area (Å²) in [5.41, 5.74) is 4.67. The number of fused-ring (bicyclic) bond motifs is 1. The zero-order valence-electron chi connectivity index (χ0n) is 14.1. The Morgan fingerprint density at radius 2 is 2.17 bits per heavy atom. The first-order valence-corrected chi connectivity index (χ1v) is 9.14. The molecule has 3 rings (SSSR count). The molecule has 1 aromatic heterocycles. The maximum absolute atomic E-state index is 12.5. The van der Waals surface area contributed by atoms with Gasteiger partial charge in [-0.1, -0.05) is 24.6 Å². The Hall–Kier alpha value is -1.65. The van der Waals surface area contributed by atoms with Gasteiger partial charge in [0.2, 0.25) is 5.91 Å². The number of rotatable bonds is 4. The molecule has 0 fully saturated rings. The molecule has 1 amide bonds. The Morgan fingerprint density at radius 3 is 2.91 bits per heavy atom. The Labute approximate surface area is 142 Å². The minimum atomic E-state index is 0.0779. The summed E-state index contributed by atoms with van der Waals surface area (Å²) in [6.45, 7) is 7.73. The van der Waals surface area contributed by atoms with Crippen LogP contribution in [0.3, 0.4) is 0 Å². The van der Waals surface area contributed by atoms with Crippen LogP contribution < -0.4 is 5.32 Å². The summed E-state index contributed by atoms with van der Waals surface area (Å²) in [5.74, 6) is 0.0779. The predicted molar refractivity (Wildman–Crippen MR) is 97.2 cm³/mol. The molecule has 3 nitrogen and oxygen atoms in total. The van der Waals surface area contributed by atoms with Crippen molar-refractivity contribution in [2.24, 2.45) is 0 Å². The molecule has 122 valence electrons. The largest absolute Gasteiger partial charge is 0.325 e. The fraction of sp³-hybridized carbons (Fsp3) is 0.421. The van der Waals surface area contributed by atoms with Gasteiger partial charge in [0, 0.05) is 23.2 Å². The van der Waals surface area contributed by atoms with Crippen LogP contribution in [0.25, 0.3) is 0 Å². The number of carbonyl (C=O) groups is 1. The third kappa shape index (κ3) is 3.48. The monoisotopic (exact) mass is 328 g/mol. The van der Waals surface area contributed by atoms with Crippen molar-refractivity contribution in [3.05, 3.63) is 51.2 Å². The van der Waals surface area contributed by atoms with Crippen LogP contribution >= 0.6 is 11.3 Å². The van der Waals surface area contributed by atoms with Gasteiger partial charge < -0.3 is 5.32 Å². The van der Waals surface area contributed by atoms with Gasteiger partial charge in [-0.05, 0) is 55.3 Å². The van der Waals surface area contributed by atoms with Crippen molar-refractivity contribution in [1.29, 1.82) is 0 Å². The van der Waals surface area contributed by atoms with Crippen LogP contribution in [0.15, 0.2) is 29.6 Å². The second-order valence-corrected chi connectivity index (χ2v) is 7.31. The Morgan fingerprint density at radius 1 is 1.35 bits per heavy atom. The molecule has 1 aliphatic heterocycles. The molecular formula is C19H24N2OS. The highest BCUT2D eigenvalue weighted by Crippen LogP contribution is 2.34. The highest BCUT2D eigenvalue weighted by Gasteiger charge is 2.28. The number of amides is 1. The zero-order chi connectivity index (χ0) is 16.4. The molecule has 1 unspecified atom stereocenters. The number of hydrogen-bond donors (Lipinski definition) is 1. The minimum Gasteiger partial charge on any atom is -0.325 e. The topological polar surface area (TPSA) is 32.3 Å². The number of carbonyl (C=O) groups excluding carboxylic acids is 1. The van der Waals surface area contributed by atoms with E-state index in [-0.39, 0.29) is 5.91 Å². The van der Waals surface area contributed by atoms with E-state index < -0.39 is 0 Å². The van der Waals surface area contributed by atoms with Gasteiger partial charge in [-0.15, -0.1) is 11.3 Å². The van der Waals surface area contributed by atoms with Crippen LogP contribution in [0.5, 0.6) is 0 Å². The molecule has 23 heavy (non-hydrogen) atoms. The van der Waals surface area contributed by atoms with E-state index in [4.69, 9.17) is 0 Å². The van der Waals surface area contributed by atoms with Gasteiger partial charge in [0.25, 0.3) is 0 Å². The van der Waals surface area contributed by atoms with E-state index in [0.29, 0.717) is 12.6 Å². The van der Waals surface area contributed by atoms with Crippen LogP contribution in [0.2, 0.25) is 0 Å². The van der Waals surface area contributed by atoms with Gasteiger partial charge in [0.15, 0.2) is 0 Å². The SMILES string of the molecule is CCC1c2ccsc2CCN1CC(=O)Nc1ccc(C)cc1C. The van der Waals surface area contributed by atoms with Crippen LogP contribution in [-0.4, -0.2) is 23.9 Å². The quantitative estimate of drug-likeness (QED) is 0.907. The highest BCUT2D eigenvalue weighted by atomic mass is 32.1. The first-order valence-electron chi connectivity index (χ1n) is 8.26. The van der Waals surface area contributed by atoms with E-state index in [2.05, 4.69) is 41.6 Å². The third-order valence-corrected chi connectivity index (χ3v) is 5.59. The van der Waals surface area contributed by atoms with E-state index in [1.165, 1.54) is 16.0 Å². The molecule has 0 bridgehead atoms. The lowest BCUT2D eigenvalue weighted by Gasteiger charge is -2.34. The number of nitrogens with one attached hydrogen (secondary N) is 1. The van der Waals surface area contributed by atoms with E-state index in [0.717, 1.165) is 30.6 Å². The Bertz CT molecular complexity index is 707. The molecule has 1 atom stereocenters. The first kappa shape index (κ1) is 16.2. The second kappa shape index (κ2) is 6.85. The zero-order valence-corrected chi connectivity index (χ0v) is 14.9. The molecular weight excluding hydrogens is 304 g/mol. The summed E-state index contributed by atoms with van der Waals surface area (Å²) in [4.78, 5) is 16.3. The average molecular weight is 328 g/mol. The summed E-state index contributed by atoms with van der Waals surface area (Å²) < 4.78 is 0. The van der Waals surface area contributed by atoms with Crippen molar-refractivity contribution < 1.29 is 4.79 Å². The normalized spacial score (nSPS) is 17.8. The molecule has 4 heteroatoms. The molecule has 0 radical (unpaired) electrons. The average Bonchev–Trinajstić information content (AvgIpc) is 2.98. The molecule has 1 aliphatic rings. The highest BCUT2D eigenvalue weighted by molar-refractivity contribution is 7.10. The Balaban J connectivity index is 1.68. The standard InChI is InChI=1S/C19H24N2OS/c1-4-17-15-8-10-23-18(15)7-9-21(17)12-19(22)20-16-6-5-13(2)11-14(16)3/h5-6,8,10-11,17H,4,7,9,12H2,1-3H3,(H,20,22). The summed E-state index contributed by atoms with van der Waals surface area (Å²) in [6.07, 6.45) is 2.10. The van der Waals surface area contributed by atoms with Crippen molar-refractivity contribution >= 4 is 22.9 Å². The summed E-state index contributed by atoms with van der Waals surface area (Å²) >= 11 is 1.84. The third-order valence-electron chi connectivity index (χ3n) is 4.60. The molecule has 0 saturated heterocycles. The molecule has 0 saturated carbocycles. The van der Waals surface area contributed by atoms with E-state index in [1.54, 1.807) is 0 Å². The number of hydrogen-bond acceptors (Lipinski definition) is 3. The molecule has 1 aromatic carbocycles. The molecule has 2 aromatic rings. The van der Waals surface area contributed by atoms with Crippen LogP contribution in [0.4, 0.5) is 5.69 Å². The summed E-state index contributed by atoms with van der Waals surface area (Å²) in [7, 11) is 0. The van der Waals surface area contributed by atoms with Crippen LogP contribution in [-0.2, 0) is 11.2 Å². The van der Waals surface area contributed by atoms with Crippen LogP contribution in [0, 0.1) is 13.8 Å². The Kier molecular flexibility index (Phi) is 4.83. The van der Waals surface area contributed by atoms with Crippen molar-refractivity contribution in [1.82, 2.24) is 4.90 Å². The van der Waals surface area contributed by atoms with E-state index >= 15 is 0 Å². The lowest BCUT2D eigenvalue weighted by molar-refractivity contribution is -0.118. The van der Waals surface area contributed by atoms with Crippen molar-refractivity contribution in [2.75, 3.05) is 18.4 Å². The van der Waals surface area contributed by atoms with Crippen molar-refractivity contribution in [2.45, 2.75) is 39.7 Å². The van der Waals surface area contributed by atoms with Gasteiger partial charge >= 0.3 is 0 Å². The molecule has 0 spiro atoms. The number of anilines is 1. The number of aryl methyl sites for hydroxylation is 2. The number of nitrogens with zero attached hydrogens (tertiary/aromatic N) is 1. The van der Waals surface area contributed by atoms with Crippen LogP contribution in [0.1, 0.15) is 41.0 Å². The molecule has 0 aliphatic carbocycles. The smallest absolute Gasteiger partial charge is 0.238 e.